The van der Waals surface area contributed by atoms with E-state index in [-0.39, 0.29) is 0 Å². The molecule has 0 spiro atoms. The predicted molar refractivity (Wildman–Crippen MR) is 58.9 cm³/mol. The minimum atomic E-state index is 0.597. The maximum atomic E-state index is 4.90. The van der Waals surface area contributed by atoms with Gasteiger partial charge in [-0.15, -0.1) is 0 Å². The quantitative estimate of drug-likeness (QED) is 0.451. The zero-order chi connectivity index (χ0) is 10.8. The SMILES string of the molecule is CC.CCN.CCN.NCCN. The lowest BCUT2D eigenvalue weighted by Gasteiger charge is -1.72. The molecular weight excluding hydrogens is 152 g/mol. The Morgan fingerprint density at radius 2 is 0.750 bits per heavy atom. The van der Waals surface area contributed by atoms with Crippen molar-refractivity contribution in [3.63, 3.8) is 0 Å². The Balaban J connectivity index is -0.0000000368. The van der Waals surface area contributed by atoms with Crippen LogP contribution in [-0.4, -0.2) is 26.2 Å². The molecule has 0 saturated heterocycles. The third-order valence-corrected chi connectivity index (χ3v) is 0.167. The Morgan fingerprint density at radius 3 is 0.750 bits per heavy atom. The van der Waals surface area contributed by atoms with E-state index in [0.717, 1.165) is 13.1 Å². The Bertz CT molecular complexity index is 23.0. The molecule has 0 aromatic rings. The van der Waals surface area contributed by atoms with Crippen molar-refractivity contribution in [3.8, 4) is 0 Å². The van der Waals surface area contributed by atoms with E-state index in [9.17, 15) is 0 Å². The van der Waals surface area contributed by atoms with Crippen molar-refractivity contribution < 1.29 is 0 Å². The largest absolute Gasteiger partial charge is 0.331 e. The molecule has 80 valence electrons. The maximum Gasteiger partial charge on any atom is 0.00461 e. The lowest BCUT2D eigenvalue weighted by Crippen LogP contribution is -2.11. The summed E-state index contributed by atoms with van der Waals surface area (Å²) in [5.74, 6) is 0. The van der Waals surface area contributed by atoms with Crippen LogP contribution in [-0.2, 0) is 0 Å². The molecule has 0 bridgehead atoms. The van der Waals surface area contributed by atoms with Gasteiger partial charge in [-0.25, -0.2) is 0 Å². The molecule has 0 amide bonds. The first-order valence-corrected chi connectivity index (χ1v) is 4.55. The number of hydrogen-bond donors (Lipinski definition) is 4. The highest BCUT2D eigenvalue weighted by molar-refractivity contribution is 4.26. The van der Waals surface area contributed by atoms with Crippen molar-refractivity contribution in [1.82, 2.24) is 0 Å². The lowest BCUT2D eigenvalue weighted by molar-refractivity contribution is 0.976. The van der Waals surface area contributed by atoms with Gasteiger partial charge in [0.05, 0.1) is 0 Å². The smallest absolute Gasteiger partial charge is 0.00461 e. The summed E-state index contributed by atoms with van der Waals surface area (Å²) in [6.45, 7) is 10.5. The molecule has 0 aliphatic heterocycles. The van der Waals surface area contributed by atoms with Crippen LogP contribution in [0.25, 0.3) is 0 Å². The van der Waals surface area contributed by atoms with Gasteiger partial charge in [-0.1, -0.05) is 27.7 Å². The zero-order valence-electron chi connectivity index (χ0n) is 9.14. The van der Waals surface area contributed by atoms with Crippen molar-refractivity contribution in [1.29, 1.82) is 0 Å². The molecule has 0 aromatic heterocycles. The normalized spacial score (nSPS) is 6.00. The molecule has 4 heteroatoms. The second-order valence-electron chi connectivity index (χ2n) is 1.39. The summed E-state index contributed by atoms with van der Waals surface area (Å²) in [7, 11) is 0. The molecule has 0 radical (unpaired) electrons. The molecular formula is C8H28N4. The standard InChI is InChI=1S/C2H8N2.2C2H7N.C2H6/c3-1-2-4;2*1-2-3;1-2/h1-4H2;2*2-3H2,1H3;1-2H3. The van der Waals surface area contributed by atoms with Crippen molar-refractivity contribution >= 4 is 0 Å². The van der Waals surface area contributed by atoms with Crippen LogP contribution in [0, 0.1) is 0 Å². The first kappa shape index (κ1) is 22.6. The first-order chi connectivity index (χ1) is 5.74. The molecule has 4 nitrogen and oxygen atoms in total. The van der Waals surface area contributed by atoms with E-state index in [1.54, 1.807) is 0 Å². The average molecular weight is 180 g/mol. The van der Waals surface area contributed by atoms with Crippen LogP contribution in [0.3, 0.4) is 0 Å². The third kappa shape index (κ3) is 1090. The Morgan fingerprint density at radius 1 is 0.667 bits per heavy atom. The van der Waals surface area contributed by atoms with Crippen LogP contribution in [0.15, 0.2) is 0 Å². The summed E-state index contributed by atoms with van der Waals surface area (Å²) in [6, 6.07) is 0. The second kappa shape index (κ2) is 71.2. The van der Waals surface area contributed by atoms with Crippen molar-refractivity contribution in [3.05, 3.63) is 0 Å². The average Bonchev–Trinajstić information content (AvgIpc) is 2.10. The van der Waals surface area contributed by atoms with Crippen LogP contribution in [0.1, 0.15) is 27.7 Å². The van der Waals surface area contributed by atoms with Gasteiger partial charge in [0, 0.05) is 13.1 Å². The molecule has 0 unspecified atom stereocenters. The fourth-order valence-corrected chi connectivity index (χ4v) is 0. The molecule has 0 heterocycles. The second-order valence-corrected chi connectivity index (χ2v) is 1.39. The van der Waals surface area contributed by atoms with Gasteiger partial charge in [0.15, 0.2) is 0 Å². The van der Waals surface area contributed by atoms with E-state index in [4.69, 9.17) is 22.9 Å². The van der Waals surface area contributed by atoms with Crippen molar-refractivity contribution in [2.24, 2.45) is 22.9 Å². The van der Waals surface area contributed by atoms with E-state index in [2.05, 4.69) is 0 Å². The number of nitrogens with two attached hydrogens (primary N) is 4. The van der Waals surface area contributed by atoms with Crippen LogP contribution in [0.2, 0.25) is 0 Å². The van der Waals surface area contributed by atoms with Gasteiger partial charge in [0.25, 0.3) is 0 Å². The summed E-state index contributed by atoms with van der Waals surface area (Å²) >= 11 is 0. The van der Waals surface area contributed by atoms with Gasteiger partial charge in [0.2, 0.25) is 0 Å². The summed E-state index contributed by atoms with van der Waals surface area (Å²) in [5.41, 5.74) is 19.5. The van der Waals surface area contributed by atoms with Crippen molar-refractivity contribution in [2.75, 3.05) is 26.2 Å². The van der Waals surface area contributed by atoms with E-state index >= 15 is 0 Å². The molecule has 0 aromatic carbocycles. The maximum absolute atomic E-state index is 4.90. The zero-order valence-corrected chi connectivity index (χ0v) is 9.14. The van der Waals surface area contributed by atoms with E-state index in [1.165, 1.54) is 0 Å². The molecule has 0 saturated carbocycles. The lowest BCUT2D eigenvalue weighted by atomic mass is 10.7. The summed E-state index contributed by atoms with van der Waals surface area (Å²) in [5, 5.41) is 0. The van der Waals surface area contributed by atoms with Crippen molar-refractivity contribution in [2.45, 2.75) is 27.7 Å². The fraction of sp³-hybridized carbons (Fsp3) is 1.00. The van der Waals surface area contributed by atoms with Gasteiger partial charge in [-0.2, -0.15) is 0 Å². The van der Waals surface area contributed by atoms with Gasteiger partial charge in [0.1, 0.15) is 0 Å². The molecule has 0 fully saturated rings. The number of hydrogen-bond acceptors (Lipinski definition) is 4. The van der Waals surface area contributed by atoms with Gasteiger partial charge in [-0.05, 0) is 13.1 Å². The van der Waals surface area contributed by atoms with Crippen LogP contribution in [0.5, 0.6) is 0 Å². The molecule has 0 rings (SSSR count). The molecule has 0 aliphatic carbocycles. The third-order valence-electron chi connectivity index (χ3n) is 0.167. The van der Waals surface area contributed by atoms with E-state index in [0.29, 0.717) is 13.1 Å². The highest BCUT2D eigenvalue weighted by Crippen LogP contribution is 1.24. The van der Waals surface area contributed by atoms with E-state index < -0.39 is 0 Å². The monoisotopic (exact) mass is 180 g/mol. The molecule has 0 aliphatic rings. The molecule has 8 N–H and O–H groups in total. The highest BCUT2D eigenvalue weighted by atomic mass is 14.6. The van der Waals surface area contributed by atoms with Gasteiger partial charge in [-0.3, -0.25) is 0 Å². The Labute approximate surface area is 77.7 Å². The minimum Gasteiger partial charge on any atom is -0.331 e. The summed E-state index contributed by atoms with van der Waals surface area (Å²) in [6.07, 6.45) is 0. The van der Waals surface area contributed by atoms with Gasteiger partial charge < -0.3 is 22.9 Å². The topological polar surface area (TPSA) is 104 Å². The highest BCUT2D eigenvalue weighted by Gasteiger charge is 1.54. The van der Waals surface area contributed by atoms with E-state index in [1.807, 2.05) is 27.7 Å². The van der Waals surface area contributed by atoms with Crippen LogP contribution >= 0.6 is 0 Å². The van der Waals surface area contributed by atoms with Gasteiger partial charge >= 0.3 is 0 Å². The minimum absolute atomic E-state index is 0.597. The molecule has 12 heavy (non-hydrogen) atoms. The number of rotatable bonds is 1. The van der Waals surface area contributed by atoms with Crippen LogP contribution in [0.4, 0.5) is 0 Å². The summed E-state index contributed by atoms with van der Waals surface area (Å²) in [4.78, 5) is 0. The fourth-order valence-electron chi connectivity index (χ4n) is 0. The molecule has 0 atom stereocenters. The predicted octanol–water partition coefficient (Wildman–Crippen LogP) is -0.140. The first-order valence-electron chi connectivity index (χ1n) is 4.55. The van der Waals surface area contributed by atoms with Crippen LogP contribution < -0.4 is 22.9 Å². The Hall–Kier alpha value is -0.160. The Kier molecular flexibility index (Phi) is 134. The summed E-state index contributed by atoms with van der Waals surface area (Å²) < 4.78 is 0.